The van der Waals surface area contributed by atoms with Gasteiger partial charge in [0, 0.05) is 4.47 Å². The monoisotopic (exact) mass is 345 g/mol. The van der Waals surface area contributed by atoms with Crippen molar-refractivity contribution in [1.82, 2.24) is 5.32 Å². The molecule has 0 aliphatic carbocycles. The molecule has 1 atom stereocenters. The zero-order valence-electron chi connectivity index (χ0n) is 11.8. The van der Waals surface area contributed by atoms with Crippen LogP contribution >= 0.6 is 15.9 Å². The standard InChI is InChI=1S/C14H17BrFNO3/c1-13(2,3)20-12(19)17-14(4,8-18)10-6-5-9(16)7-11(10)15/h5-8H,1-4H3,(H,17,19). The molecule has 1 amide bonds. The molecule has 0 spiro atoms. The van der Waals surface area contributed by atoms with E-state index in [-0.39, 0.29) is 0 Å². The molecule has 0 aliphatic rings. The highest BCUT2D eigenvalue weighted by Crippen LogP contribution is 2.28. The first-order valence-corrected chi connectivity index (χ1v) is 6.80. The zero-order valence-corrected chi connectivity index (χ0v) is 13.4. The smallest absolute Gasteiger partial charge is 0.408 e. The molecule has 1 rings (SSSR count). The quantitative estimate of drug-likeness (QED) is 0.852. The van der Waals surface area contributed by atoms with Crippen LogP contribution in [0.25, 0.3) is 0 Å². The second kappa shape index (κ2) is 5.91. The lowest BCUT2D eigenvalue weighted by Crippen LogP contribution is -2.47. The fourth-order valence-corrected chi connectivity index (χ4v) is 2.35. The van der Waals surface area contributed by atoms with E-state index < -0.39 is 23.1 Å². The summed E-state index contributed by atoms with van der Waals surface area (Å²) in [4.78, 5) is 23.2. The number of carbonyl (C=O) groups excluding carboxylic acids is 2. The molecule has 0 bridgehead atoms. The van der Waals surface area contributed by atoms with Gasteiger partial charge in [-0.25, -0.2) is 9.18 Å². The fraction of sp³-hybridized carbons (Fsp3) is 0.429. The Morgan fingerprint density at radius 2 is 1.95 bits per heavy atom. The largest absolute Gasteiger partial charge is 0.444 e. The SMILES string of the molecule is CC(C)(C)OC(=O)NC(C)(C=O)c1ccc(F)cc1Br. The van der Waals surface area contributed by atoms with Crippen LogP contribution in [0.15, 0.2) is 22.7 Å². The van der Waals surface area contributed by atoms with E-state index in [1.165, 1.54) is 25.1 Å². The predicted octanol–water partition coefficient (Wildman–Crippen LogP) is 3.53. The van der Waals surface area contributed by atoms with Gasteiger partial charge in [-0.05, 0) is 45.4 Å². The van der Waals surface area contributed by atoms with Crippen LogP contribution in [0.3, 0.4) is 0 Å². The minimum atomic E-state index is -1.31. The second-order valence-corrected chi connectivity index (χ2v) is 6.43. The highest BCUT2D eigenvalue weighted by Gasteiger charge is 2.32. The number of carbonyl (C=O) groups is 2. The number of amides is 1. The van der Waals surface area contributed by atoms with E-state index in [2.05, 4.69) is 21.2 Å². The zero-order chi connectivity index (χ0) is 15.6. The Balaban J connectivity index is 3.03. The van der Waals surface area contributed by atoms with Crippen molar-refractivity contribution in [2.45, 2.75) is 38.8 Å². The number of ether oxygens (including phenoxy) is 1. The number of aldehydes is 1. The topological polar surface area (TPSA) is 55.4 Å². The summed E-state index contributed by atoms with van der Waals surface area (Å²) in [5, 5.41) is 2.49. The van der Waals surface area contributed by atoms with Gasteiger partial charge in [-0.1, -0.05) is 22.0 Å². The van der Waals surface area contributed by atoms with Gasteiger partial charge in [0.05, 0.1) is 0 Å². The maximum absolute atomic E-state index is 13.1. The summed E-state index contributed by atoms with van der Waals surface area (Å²) in [7, 11) is 0. The number of hydrogen-bond acceptors (Lipinski definition) is 3. The molecule has 20 heavy (non-hydrogen) atoms. The Morgan fingerprint density at radius 3 is 2.40 bits per heavy atom. The lowest BCUT2D eigenvalue weighted by molar-refractivity contribution is -0.113. The first-order valence-electron chi connectivity index (χ1n) is 6.00. The van der Waals surface area contributed by atoms with Crippen LogP contribution in [-0.4, -0.2) is 18.0 Å². The van der Waals surface area contributed by atoms with E-state index in [0.717, 1.165) is 0 Å². The van der Waals surface area contributed by atoms with Gasteiger partial charge in [0.2, 0.25) is 0 Å². The summed E-state index contributed by atoms with van der Waals surface area (Å²) in [5.41, 5.74) is -1.54. The molecule has 0 fully saturated rings. The van der Waals surface area contributed by atoms with Gasteiger partial charge >= 0.3 is 6.09 Å². The highest BCUT2D eigenvalue weighted by atomic mass is 79.9. The summed E-state index contributed by atoms with van der Waals surface area (Å²) in [5.74, 6) is -0.439. The number of rotatable bonds is 3. The van der Waals surface area contributed by atoms with E-state index in [1.54, 1.807) is 20.8 Å². The number of nitrogens with one attached hydrogen (secondary N) is 1. The first-order chi connectivity index (χ1) is 9.07. The molecule has 1 N–H and O–H groups in total. The number of alkyl carbamates (subject to hydrolysis) is 1. The summed E-state index contributed by atoms with van der Waals surface area (Å²) in [6.07, 6.45) is -0.141. The van der Waals surface area contributed by atoms with Crippen LogP contribution in [0.2, 0.25) is 0 Å². The second-order valence-electron chi connectivity index (χ2n) is 5.57. The molecule has 1 aromatic carbocycles. The highest BCUT2D eigenvalue weighted by molar-refractivity contribution is 9.10. The lowest BCUT2D eigenvalue weighted by Gasteiger charge is -2.28. The Labute approximate surface area is 125 Å². The van der Waals surface area contributed by atoms with Crippen LogP contribution in [0.5, 0.6) is 0 Å². The number of benzene rings is 1. The van der Waals surface area contributed by atoms with Crippen LogP contribution in [0.4, 0.5) is 9.18 Å². The molecule has 1 unspecified atom stereocenters. The van der Waals surface area contributed by atoms with E-state index in [0.29, 0.717) is 16.3 Å². The van der Waals surface area contributed by atoms with Gasteiger partial charge in [0.25, 0.3) is 0 Å². The molecular formula is C14H17BrFNO3. The van der Waals surface area contributed by atoms with Crippen molar-refractivity contribution in [1.29, 1.82) is 0 Å². The van der Waals surface area contributed by atoms with Crippen LogP contribution in [0, 0.1) is 5.82 Å². The molecule has 0 aromatic heterocycles. The third-order valence-electron chi connectivity index (χ3n) is 2.49. The maximum Gasteiger partial charge on any atom is 0.408 e. The maximum atomic E-state index is 13.1. The van der Waals surface area contributed by atoms with E-state index >= 15 is 0 Å². The first kappa shape index (κ1) is 16.6. The van der Waals surface area contributed by atoms with Crippen molar-refractivity contribution in [3.8, 4) is 0 Å². The average molecular weight is 346 g/mol. The molecular weight excluding hydrogens is 329 g/mol. The Morgan fingerprint density at radius 1 is 1.35 bits per heavy atom. The van der Waals surface area contributed by atoms with Crippen molar-refractivity contribution < 1.29 is 18.7 Å². The van der Waals surface area contributed by atoms with Gasteiger partial charge < -0.3 is 14.8 Å². The lowest BCUT2D eigenvalue weighted by atomic mass is 9.94. The van der Waals surface area contributed by atoms with E-state index in [9.17, 15) is 14.0 Å². The molecule has 0 aliphatic heterocycles. The molecule has 4 nitrogen and oxygen atoms in total. The van der Waals surface area contributed by atoms with Crippen molar-refractivity contribution in [3.05, 3.63) is 34.1 Å². The average Bonchev–Trinajstić information content (AvgIpc) is 2.25. The van der Waals surface area contributed by atoms with Crippen LogP contribution < -0.4 is 5.32 Å². The van der Waals surface area contributed by atoms with E-state index in [4.69, 9.17) is 4.74 Å². The summed E-state index contributed by atoms with van der Waals surface area (Å²) in [6, 6.07) is 3.89. The Kier molecular flexibility index (Phi) is 4.91. The third-order valence-corrected chi connectivity index (χ3v) is 3.14. The molecule has 0 saturated heterocycles. The summed E-state index contributed by atoms with van der Waals surface area (Å²) >= 11 is 3.18. The van der Waals surface area contributed by atoms with Gasteiger partial charge in [0.1, 0.15) is 23.2 Å². The Bertz CT molecular complexity index is 528. The summed E-state index contributed by atoms with van der Waals surface area (Å²) < 4.78 is 18.6. The minimum Gasteiger partial charge on any atom is -0.444 e. The van der Waals surface area contributed by atoms with Crippen LogP contribution in [-0.2, 0) is 15.1 Å². The van der Waals surface area contributed by atoms with Crippen LogP contribution in [0.1, 0.15) is 33.3 Å². The molecule has 0 saturated carbocycles. The van der Waals surface area contributed by atoms with Gasteiger partial charge in [-0.3, -0.25) is 0 Å². The molecule has 0 radical (unpaired) electrons. The molecule has 6 heteroatoms. The normalized spacial score (nSPS) is 14.3. The number of halogens is 2. The molecule has 110 valence electrons. The van der Waals surface area contributed by atoms with Crippen molar-refractivity contribution >= 4 is 28.3 Å². The Hall–Kier alpha value is -1.43. The predicted molar refractivity (Wildman–Crippen MR) is 76.9 cm³/mol. The molecule has 1 aromatic rings. The van der Waals surface area contributed by atoms with Gasteiger partial charge in [-0.15, -0.1) is 0 Å². The summed E-state index contributed by atoms with van der Waals surface area (Å²) in [6.45, 7) is 6.68. The molecule has 0 heterocycles. The van der Waals surface area contributed by atoms with E-state index in [1.807, 2.05) is 0 Å². The van der Waals surface area contributed by atoms with Crippen molar-refractivity contribution in [2.75, 3.05) is 0 Å². The third kappa shape index (κ3) is 4.30. The van der Waals surface area contributed by atoms with Gasteiger partial charge in [-0.2, -0.15) is 0 Å². The minimum absolute atomic E-state index is 0.392. The van der Waals surface area contributed by atoms with Crippen molar-refractivity contribution in [2.24, 2.45) is 0 Å². The fourth-order valence-electron chi connectivity index (χ4n) is 1.59. The number of hydrogen-bond donors (Lipinski definition) is 1. The van der Waals surface area contributed by atoms with Crippen molar-refractivity contribution in [3.63, 3.8) is 0 Å². The van der Waals surface area contributed by atoms with Gasteiger partial charge in [0.15, 0.2) is 0 Å².